The topological polar surface area (TPSA) is 78.8 Å². The van der Waals surface area contributed by atoms with Crippen LogP contribution < -0.4 is 5.73 Å². The number of thiophene rings is 1. The number of hydrogen-bond donors (Lipinski definition) is 1. The summed E-state index contributed by atoms with van der Waals surface area (Å²) >= 11 is 1.66. The number of aryl methyl sites for hydroxylation is 2. The van der Waals surface area contributed by atoms with Crippen molar-refractivity contribution in [3.8, 4) is 6.07 Å². The Labute approximate surface area is 129 Å². The van der Waals surface area contributed by atoms with Gasteiger partial charge < -0.3 is 5.73 Å². The van der Waals surface area contributed by atoms with Gasteiger partial charge in [0.15, 0.2) is 0 Å². The van der Waals surface area contributed by atoms with E-state index in [-0.39, 0.29) is 0 Å². The molecule has 0 spiro atoms. The lowest BCUT2D eigenvalue weighted by Crippen LogP contribution is -2.32. The van der Waals surface area contributed by atoms with Gasteiger partial charge in [-0.25, -0.2) is 9.97 Å². The Morgan fingerprint density at radius 2 is 2.05 bits per heavy atom. The van der Waals surface area contributed by atoms with Crippen LogP contribution in [0.5, 0.6) is 0 Å². The second-order valence-electron chi connectivity index (χ2n) is 5.46. The molecule has 2 rings (SSSR count). The van der Waals surface area contributed by atoms with Crippen LogP contribution in [0.2, 0.25) is 0 Å². The van der Waals surface area contributed by atoms with E-state index in [1.807, 2.05) is 0 Å². The summed E-state index contributed by atoms with van der Waals surface area (Å²) in [5, 5.41) is 9.74. The maximum atomic E-state index is 8.76. The van der Waals surface area contributed by atoms with E-state index in [9.17, 15) is 0 Å². The first-order valence-electron chi connectivity index (χ1n) is 7.07. The molecule has 0 aliphatic carbocycles. The summed E-state index contributed by atoms with van der Waals surface area (Å²) in [4.78, 5) is 13.5. The van der Waals surface area contributed by atoms with Gasteiger partial charge in [-0.3, -0.25) is 4.90 Å². The number of aromatic nitrogens is 2. The highest BCUT2D eigenvalue weighted by atomic mass is 32.1. The molecule has 0 saturated heterocycles. The maximum Gasteiger partial charge on any atom is 0.146 e. The highest BCUT2D eigenvalue weighted by Crippen LogP contribution is 2.32. The van der Waals surface area contributed by atoms with E-state index in [1.54, 1.807) is 11.3 Å². The van der Waals surface area contributed by atoms with Crippen LogP contribution in [-0.2, 0) is 6.54 Å². The normalized spacial score (nSPS) is 11.5. The molecule has 2 heterocycles. The first kappa shape index (κ1) is 15.7. The minimum atomic E-state index is 0.339. The Balaban J connectivity index is 2.32. The molecule has 0 atom stereocenters. The summed E-state index contributed by atoms with van der Waals surface area (Å²) in [5.41, 5.74) is 7.28. The summed E-state index contributed by atoms with van der Waals surface area (Å²) in [6, 6.07) is 2.52. The maximum absolute atomic E-state index is 8.76. The quantitative estimate of drug-likeness (QED) is 0.918. The number of hydrogen-bond acceptors (Lipinski definition) is 6. The van der Waals surface area contributed by atoms with E-state index in [4.69, 9.17) is 11.0 Å². The summed E-state index contributed by atoms with van der Waals surface area (Å²) in [5.74, 6) is 1.29. The van der Waals surface area contributed by atoms with Crippen molar-refractivity contribution >= 4 is 27.4 Å². The van der Waals surface area contributed by atoms with Gasteiger partial charge >= 0.3 is 0 Å². The molecule has 0 aliphatic rings. The molecule has 2 N–H and O–H groups in total. The van der Waals surface area contributed by atoms with Crippen molar-refractivity contribution in [3.63, 3.8) is 0 Å². The molecule has 21 heavy (non-hydrogen) atoms. The number of nitriles is 1. The van der Waals surface area contributed by atoms with E-state index in [0.717, 1.165) is 22.6 Å². The molecule has 2 aromatic rings. The van der Waals surface area contributed by atoms with Gasteiger partial charge in [0.1, 0.15) is 16.5 Å². The van der Waals surface area contributed by atoms with E-state index in [1.165, 1.54) is 10.4 Å². The third-order valence-electron chi connectivity index (χ3n) is 3.69. The molecular weight excluding hydrogens is 282 g/mol. The Morgan fingerprint density at radius 1 is 1.33 bits per heavy atom. The van der Waals surface area contributed by atoms with Crippen molar-refractivity contribution in [2.45, 2.75) is 46.7 Å². The molecular formula is C15H21N5S. The molecule has 0 aliphatic heterocycles. The third kappa shape index (κ3) is 3.31. The van der Waals surface area contributed by atoms with Crippen LogP contribution in [0.25, 0.3) is 10.2 Å². The molecule has 0 saturated carbocycles. The number of anilines is 1. The SMILES string of the molecule is Cc1sc2nc(CN(CCC#N)C(C)C)nc(N)c2c1C. The summed E-state index contributed by atoms with van der Waals surface area (Å²) < 4.78 is 0. The molecule has 112 valence electrons. The molecule has 0 aromatic carbocycles. The average Bonchev–Trinajstić information content (AvgIpc) is 2.70. The lowest BCUT2D eigenvalue weighted by atomic mass is 10.2. The van der Waals surface area contributed by atoms with Crippen molar-refractivity contribution in [2.75, 3.05) is 12.3 Å². The molecule has 0 unspecified atom stereocenters. The Morgan fingerprint density at radius 3 is 2.67 bits per heavy atom. The number of nitrogens with two attached hydrogens (primary N) is 1. The highest BCUT2D eigenvalue weighted by molar-refractivity contribution is 7.18. The predicted octanol–water partition coefficient (Wildman–Crippen LogP) is 3.01. The van der Waals surface area contributed by atoms with Crippen LogP contribution in [0.3, 0.4) is 0 Å². The fourth-order valence-electron chi connectivity index (χ4n) is 2.29. The molecule has 5 nitrogen and oxygen atoms in total. The van der Waals surface area contributed by atoms with Gasteiger partial charge in [0.05, 0.1) is 18.0 Å². The first-order valence-corrected chi connectivity index (χ1v) is 7.88. The van der Waals surface area contributed by atoms with Crippen molar-refractivity contribution in [1.82, 2.24) is 14.9 Å². The van der Waals surface area contributed by atoms with Crippen molar-refractivity contribution in [3.05, 3.63) is 16.3 Å². The van der Waals surface area contributed by atoms with Gasteiger partial charge in [0, 0.05) is 23.9 Å². The zero-order valence-corrected chi connectivity index (χ0v) is 13.8. The molecule has 0 bridgehead atoms. The van der Waals surface area contributed by atoms with Gasteiger partial charge in [-0.2, -0.15) is 5.26 Å². The predicted molar refractivity (Wildman–Crippen MR) is 87.1 cm³/mol. The number of nitrogen functional groups attached to an aromatic ring is 1. The number of fused-ring (bicyclic) bond motifs is 1. The van der Waals surface area contributed by atoms with Gasteiger partial charge in [-0.15, -0.1) is 11.3 Å². The summed E-state index contributed by atoms with van der Waals surface area (Å²) in [6.07, 6.45) is 0.507. The lowest BCUT2D eigenvalue weighted by Gasteiger charge is -2.24. The Bertz CT molecular complexity index is 683. The van der Waals surface area contributed by atoms with E-state index < -0.39 is 0 Å². The van der Waals surface area contributed by atoms with Gasteiger partial charge in [0.2, 0.25) is 0 Å². The summed E-state index contributed by atoms with van der Waals surface area (Å²) in [6.45, 7) is 9.69. The van der Waals surface area contributed by atoms with Crippen LogP contribution >= 0.6 is 11.3 Å². The van der Waals surface area contributed by atoms with Crippen molar-refractivity contribution in [2.24, 2.45) is 0 Å². The summed E-state index contributed by atoms with van der Waals surface area (Å²) in [7, 11) is 0. The monoisotopic (exact) mass is 303 g/mol. The Hall–Kier alpha value is -1.71. The lowest BCUT2D eigenvalue weighted by molar-refractivity contribution is 0.213. The van der Waals surface area contributed by atoms with Crippen LogP contribution in [0.4, 0.5) is 5.82 Å². The van der Waals surface area contributed by atoms with E-state index in [0.29, 0.717) is 24.8 Å². The van der Waals surface area contributed by atoms with E-state index in [2.05, 4.69) is 48.6 Å². The number of rotatable bonds is 5. The standard InChI is InChI=1S/C15H21N5S/c1-9(2)20(7-5-6-16)8-12-18-14(17)13-10(3)11(4)21-15(13)19-12/h9H,5,7-8H2,1-4H3,(H2,17,18,19). The molecule has 2 aromatic heterocycles. The molecule has 0 fully saturated rings. The second-order valence-corrected chi connectivity index (χ2v) is 6.66. The Kier molecular flexibility index (Phi) is 4.76. The van der Waals surface area contributed by atoms with Crippen molar-refractivity contribution in [1.29, 1.82) is 5.26 Å². The smallest absolute Gasteiger partial charge is 0.146 e. The minimum absolute atomic E-state index is 0.339. The minimum Gasteiger partial charge on any atom is -0.383 e. The van der Waals surface area contributed by atoms with Crippen LogP contribution in [-0.4, -0.2) is 27.5 Å². The fourth-order valence-corrected chi connectivity index (χ4v) is 3.35. The van der Waals surface area contributed by atoms with Crippen LogP contribution in [0.15, 0.2) is 0 Å². The first-order chi connectivity index (χ1) is 9.93. The number of nitrogens with zero attached hydrogens (tertiary/aromatic N) is 4. The highest BCUT2D eigenvalue weighted by Gasteiger charge is 2.16. The molecule has 0 amide bonds. The zero-order chi connectivity index (χ0) is 15.6. The average molecular weight is 303 g/mol. The molecule has 6 heteroatoms. The van der Waals surface area contributed by atoms with Gasteiger partial charge in [-0.1, -0.05) is 0 Å². The second kappa shape index (κ2) is 6.37. The molecule has 0 radical (unpaired) electrons. The zero-order valence-electron chi connectivity index (χ0n) is 13.0. The van der Waals surface area contributed by atoms with Crippen LogP contribution in [0, 0.1) is 25.2 Å². The van der Waals surface area contributed by atoms with Gasteiger partial charge in [-0.05, 0) is 33.3 Å². The van der Waals surface area contributed by atoms with Crippen LogP contribution in [0.1, 0.15) is 36.5 Å². The van der Waals surface area contributed by atoms with Crippen molar-refractivity contribution < 1.29 is 0 Å². The van der Waals surface area contributed by atoms with E-state index >= 15 is 0 Å². The van der Waals surface area contributed by atoms with Gasteiger partial charge in [0.25, 0.3) is 0 Å². The third-order valence-corrected chi connectivity index (χ3v) is 4.79. The fraction of sp³-hybridized carbons (Fsp3) is 0.533. The largest absolute Gasteiger partial charge is 0.383 e.